The number of hydrogen-bond acceptors (Lipinski definition) is 3. The van der Waals surface area contributed by atoms with Crippen molar-refractivity contribution < 1.29 is 13.6 Å². The summed E-state index contributed by atoms with van der Waals surface area (Å²) in [6, 6.07) is 8.14. The van der Waals surface area contributed by atoms with Gasteiger partial charge in [0.05, 0.1) is 6.04 Å². The van der Waals surface area contributed by atoms with Gasteiger partial charge in [0.1, 0.15) is 11.5 Å². The molecule has 128 valence electrons. The fourth-order valence-electron chi connectivity index (χ4n) is 2.49. The highest BCUT2D eigenvalue weighted by molar-refractivity contribution is 5.92. The minimum Gasteiger partial charge on any atom is -0.344 e. The number of halogens is 2. The number of aryl methyl sites for hydroxylation is 1. The van der Waals surface area contributed by atoms with Gasteiger partial charge in [-0.25, -0.2) is 13.5 Å². The van der Waals surface area contributed by atoms with Crippen LogP contribution in [0.25, 0.3) is 5.69 Å². The molecule has 0 fully saturated rings. The van der Waals surface area contributed by atoms with Gasteiger partial charge in [0.2, 0.25) is 0 Å². The van der Waals surface area contributed by atoms with E-state index in [0.717, 1.165) is 17.7 Å². The molecule has 2 aromatic heterocycles. The number of benzene rings is 1. The van der Waals surface area contributed by atoms with Crippen molar-refractivity contribution in [2.75, 3.05) is 0 Å². The molecule has 7 heteroatoms. The van der Waals surface area contributed by atoms with Gasteiger partial charge < -0.3 is 5.32 Å². The summed E-state index contributed by atoms with van der Waals surface area (Å²) < 4.78 is 28.3. The van der Waals surface area contributed by atoms with E-state index in [1.54, 1.807) is 25.4 Å². The quantitative estimate of drug-likeness (QED) is 0.791. The molecule has 3 rings (SSSR count). The Morgan fingerprint density at radius 2 is 1.88 bits per heavy atom. The average molecular weight is 342 g/mol. The second kappa shape index (κ2) is 6.80. The third-order valence-electron chi connectivity index (χ3n) is 3.81. The Morgan fingerprint density at radius 3 is 2.56 bits per heavy atom. The fourth-order valence-corrected chi connectivity index (χ4v) is 2.49. The van der Waals surface area contributed by atoms with Crippen LogP contribution in [0.2, 0.25) is 0 Å². The van der Waals surface area contributed by atoms with E-state index in [1.807, 2.05) is 19.1 Å². The molecule has 0 unspecified atom stereocenters. The molecule has 0 saturated heterocycles. The molecular weight excluding hydrogens is 326 g/mol. The summed E-state index contributed by atoms with van der Waals surface area (Å²) in [7, 11) is 0. The van der Waals surface area contributed by atoms with Gasteiger partial charge in [0, 0.05) is 24.2 Å². The predicted molar refractivity (Wildman–Crippen MR) is 88.3 cm³/mol. The van der Waals surface area contributed by atoms with E-state index in [-0.39, 0.29) is 23.3 Å². The van der Waals surface area contributed by atoms with Crippen LogP contribution in [0.15, 0.2) is 48.8 Å². The zero-order chi connectivity index (χ0) is 18.0. The molecule has 1 aromatic carbocycles. The van der Waals surface area contributed by atoms with Gasteiger partial charge >= 0.3 is 0 Å². The summed E-state index contributed by atoms with van der Waals surface area (Å²) in [6.07, 6.45) is 3.29. The Hall–Kier alpha value is -3.09. The number of aromatic nitrogens is 3. The molecule has 0 spiro atoms. The van der Waals surface area contributed by atoms with Gasteiger partial charge in [-0.2, -0.15) is 5.10 Å². The second-order valence-corrected chi connectivity index (χ2v) is 5.65. The largest absolute Gasteiger partial charge is 0.344 e. The standard InChI is InChI=1S/C18H16F2N4O/c1-11-9-16(18(25)22-12(2)13-5-7-21-8-6-13)23-24(11)17-4-3-14(19)10-15(17)20/h3-10,12H,1-2H3,(H,22,25)/t12-/m1/s1. The molecule has 1 atom stereocenters. The Kier molecular flexibility index (Phi) is 4.56. The van der Waals surface area contributed by atoms with Gasteiger partial charge in [-0.1, -0.05) is 0 Å². The molecule has 0 bridgehead atoms. The third-order valence-corrected chi connectivity index (χ3v) is 3.81. The molecule has 5 nitrogen and oxygen atoms in total. The first-order valence-corrected chi connectivity index (χ1v) is 7.68. The van der Waals surface area contributed by atoms with Crippen molar-refractivity contribution in [1.29, 1.82) is 0 Å². The van der Waals surface area contributed by atoms with E-state index in [1.165, 1.54) is 10.7 Å². The third kappa shape index (κ3) is 3.55. The van der Waals surface area contributed by atoms with Crippen LogP contribution < -0.4 is 5.32 Å². The van der Waals surface area contributed by atoms with Crippen molar-refractivity contribution in [2.24, 2.45) is 0 Å². The number of carbonyl (C=O) groups is 1. The highest BCUT2D eigenvalue weighted by Gasteiger charge is 2.17. The maximum absolute atomic E-state index is 14.0. The van der Waals surface area contributed by atoms with Crippen molar-refractivity contribution in [3.05, 3.63) is 77.4 Å². The first kappa shape index (κ1) is 16.8. The maximum Gasteiger partial charge on any atom is 0.272 e. The lowest BCUT2D eigenvalue weighted by Gasteiger charge is -2.12. The highest BCUT2D eigenvalue weighted by atomic mass is 19.1. The summed E-state index contributed by atoms with van der Waals surface area (Å²) in [6.45, 7) is 3.54. The Morgan fingerprint density at radius 1 is 1.16 bits per heavy atom. The molecule has 25 heavy (non-hydrogen) atoms. The van der Waals surface area contributed by atoms with Crippen LogP contribution in [0.1, 0.15) is 34.7 Å². The van der Waals surface area contributed by atoms with Crippen LogP contribution in [0.4, 0.5) is 8.78 Å². The van der Waals surface area contributed by atoms with Gasteiger partial charge in [-0.15, -0.1) is 0 Å². The summed E-state index contributed by atoms with van der Waals surface area (Å²) in [5, 5.41) is 6.98. The van der Waals surface area contributed by atoms with Gasteiger partial charge in [-0.3, -0.25) is 9.78 Å². The minimum absolute atomic E-state index is 0.0835. The van der Waals surface area contributed by atoms with Crippen molar-refractivity contribution in [2.45, 2.75) is 19.9 Å². The van der Waals surface area contributed by atoms with Crippen LogP contribution in [0.5, 0.6) is 0 Å². The Labute approximate surface area is 143 Å². The summed E-state index contributed by atoms with van der Waals surface area (Å²) >= 11 is 0. The van der Waals surface area contributed by atoms with Crippen molar-refractivity contribution in [3.63, 3.8) is 0 Å². The van der Waals surface area contributed by atoms with Crippen LogP contribution in [-0.2, 0) is 0 Å². The maximum atomic E-state index is 14.0. The average Bonchev–Trinajstić information content (AvgIpc) is 2.97. The molecule has 1 N–H and O–H groups in total. The monoisotopic (exact) mass is 342 g/mol. The molecule has 0 aliphatic heterocycles. The number of nitrogens with zero attached hydrogens (tertiary/aromatic N) is 3. The lowest BCUT2D eigenvalue weighted by atomic mass is 10.1. The molecular formula is C18H16F2N4O. The lowest BCUT2D eigenvalue weighted by molar-refractivity contribution is 0.0934. The molecule has 0 aliphatic carbocycles. The minimum atomic E-state index is -0.747. The van der Waals surface area contributed by atoms with E-state index >= 15 is 0 Å². The first-order chi connectivity index (χ1) is 12.0. The van der Waals surface area contributed by atoms with E-state index in [2.05, 4.69) is 15.4 Å². The van der Waals surface area contributed by atoms with Crippen LogP contribution >= 0.6 is 0 Å². The van der Waals surface area contributed by atoms with Gasteiger partial charge in [-0.05, 0) is 49.7 Å². The van der Waals surface area contributed by atoms with Crippen LogP contribution in [-0.4, -0.2) is 20.7 Å². The molecule has 0 saturated carbocycles. The lowest BCUT2D eigenvalue weighted by Crippen LogP contribution is -2.27. The van der Waals surface area contributed by atoms with E-state index in [0.29, 0.717) is 5.69 Å². The predicted octanol–water partition coefficient (Wildman–Crippen LogP) is 3.34. The van der Waals surface area contributed by atoms with Gasteiger partial charge in [0.15, 0.2) is 11.5 Å². The number of nitrogens with one attached hydrogen (secondary N) is 1. The van der Waals surface area contributed by atoms with Crippen molar-refractivity contribution in [1.82, 2.24) is 20.1 Å². The molecule has 2 heterocycles. The summed E-state index contributed by atoms with van der Waals surface area (Å²) in [5.41, 5.74) is 1.71. The topological polar surface area (TPSA) is 59.8 Å². The fraction of sp³-hybridized carbons (Fsp3) is 0.167. The highest BCUT2D eigenvalue weighted by Crippen LogP contribution is 2.18. The van der Waals surface area contributed by atoms with Gasteiger partial charge in [0.25, 0.3) is 5.91 Å². The van der Waals surface area contributed by atoms with Crippen molar-refractivity contribution >= 4 is 5.91 Å². The van der Waals surface area contributed by atoms with E-state index in [4.69, 9.17) is 0 Å². The van der Waals surface area contributed by atoms with Crippen molar-refractivity contribution in [3.8, 4) is 5.69 Å². The number of carbonyl (C=O) groups excluding carboxylic acids is 1. The normalized spacial score (nSPS) is 12.0. The Balaban J connectivity index is 1.83. The molecule has 3 aromatic rings. The summed E-state index contributed by atoms with van der Waals surface area (Å²) in [4.78, 5) is 16.3. The number of rotatable bonds is 4. The molecule has 0 radical (unpaired) electrons. The van der Waals surface area contributed by atoms with E-state index < -0.39 is 11.6 Å². The Bertz CT molecular complexity index is 909. The molecule has 0 aliphatic rings. The number of hydrogen-bond donors (Lipinski definition) is 1. The zero-order valence-corrected chi connectivity index (χ0v) is 13.7. The van der Waals surface area contributed by atoms with Crippen LogP contribution in [0, 0.1) is 18.6 Å². The first-order valence-electron chi connectivity index (χ1n) is 7.68. The molecule has 1 amide bonds. The second-order valence-electron chi connectivity index (χ2n) is 5.65. The smallest absolute Gasteiger partial charge is 0.272 e. The summed E-state index contributed by atoms with van der Waals surface area (Å²) in [5.74, 6) is -1.80. The zero-order valence-electron chi connectivity index (χ0n) is 13.7. The SMILES string of the molecule is Cc1cc(C(=O)N[C@H](C)c2ccncc2)nn1-c1ccc(F)cc1F. The van der Waals surface area contributed by atoms with E-state index in [9.17, 15) is 13.6 Å². The number of amides is 1. The van der Waals surface area contributed by atoms with Crippen LogP contribution in [0.3, 0.4) is 0 Å². The number of pyridine rings is 1.